The van der Waals surface area contributed by atoms with Crippen molar-refractivity contribution in [1.82, 2.24) is 10.2 Å². The van der Waals surface area contributed by atoms with Gasteiger partial charge in [-0.15, -0.1) is 0 Å². The molecule has 22 heavy (non-hydrogen) atoms. The van der Waals surface area contributed by atoms with Crippen molar-refractivity contribution in [3.05, 3.63) is 11.6 Å². The maximum absolute atomic E-state index is 12.2. The Bertz CT molecular complexity index is 453. The zero-order chi connectivity index (χ0) is 16.8. The minimum atomic E-state index is -0.799. The molecule has 0 saturated heterocycles. The Kier molecular flexibility index (Phi) is 6.55. The van der Waals surface area contributed by atoms with E-state index in [0.29, 0.717) is 24.8 Å². The maximum Gasteiger partial charge on any atom is 0.408 e. The molecule has 124 valence electrons. The number of nitrogens with zero attached hydrogens (tertiary/aromatic N) is 1. The van der Waals surface area contributed by atoms with Crippen molar-refractivity contribution in [1.29, 1.82) is 0 Å². The van der Waals surface area contributed by atoms with Crippen LogP contribution in [0.5, 0.6) is 0 Å². The zero-order valence-corrected chi connectivity index (χ0v) is 13.5. The highest BCUT2D eigenvalue weighted by molar-refractivity contribution is 5.94. The van der Waals surface area contributed by atoms with Crippen molar-refractivity contribution < 1.29 is 23.9 Å². The molecular weight excluding hydrogens is 288 g/mol. The third kappa shape index (κ3) is 5.85. The number of amides is 2. The number of alkyl carbamates (subject to hydrolysis) is 1. The van der Waals surface area contributed by atoms with E-state index in [1.807, 2.05) is 0 Å². The second-order valence-corrected chi connectivity index (χ2v) is 6.10. The van der Waals surface area contributed by atoms with Gasteiger partial charge < -0.3 is 24.5 Å². The SMILES string of the molecule is COCN1CCC=C(C[C@H](C=O)NC(=O)OC(C)(C)C)C1=O. The molecule has 2 amide bonds. The van der Waals surface area contributed by atoms with E-state index in [2.05, 4.69) is 5.32 Å². The molecule has 0 spiro atoms. The highest BCUT2D eigenvalue weighted by Gasteiger charge is 2.26. The number of hydrogen-bond donors (Lipinski definition) is 1. The van der Waals surface area contributed by atoms with Crippen molar-refractivity contribution in [2.24, 2.45) is 0 Å². The van der Waals surface area contributed by atoms with Crippen LogP contribution < -0.4 is 5.32 Å². The first-order valence-electron chi connectivity index (χ1n) is 7.19. The van der Waals surface area contributed by atoms with Crippen LogP contribution in [-0.4, -0.2) is 55.2 Å². The van der Waals surface area contributed by atoms with Gasteiger partial charge in [-0.25, -0.2) is 4.79 Å². The van der Waals surface area contributed by atoms with Gasteiger partial charge >= 0.3 is 6.09 Å². The summed E-state index contributed by atoms with van der Waals surface area (Å²) in [6.45, 7) is 6.00. The molecule has 7 heteroatoms. The smallest absolute Gasteiger partial charge is 0.408 e. The van der Waals surface area contributed by atoms with Crippen molar-refractivity contribution in [2.75, 3.05) is 20.4 Å². The summed E-state index contributed by atoms with van der Waals surface area (Å²) < 4.78 is 10.1. The van der Waals surface area contributed by atoms with Gasteiger partial charge in [-0.05, 0) is 27.2 Å². The molecular formula is C15H24N2O5. The summed E-state index contributed by atoms with van der Waals surface area (Å²) in [6, 6.07) is -0.799. The van der Waals surface area contributed by atoms with E-state index in [4.69, 9.17) is 9.47 Å². The average molecular weight is 312 g/mol. The second kappa shape index (κ2) is 7.93. The highest BCUT2D eigenvalue weighted by atomic mass is 16.6. The summed E-state index contributed by atoms with van der Waals surface area (Å²) in [5.74, 6) is -0.175. The average Bonchev–Trinajstić information content (AvgIpc) is 2.40. The van der Waals surface area contributed by atoms with Gasteiger partial charge in [0, 0.05) is 25.6 Å². The summed E-state index contributed by atoms with van der Waals surface area (Å²) in [7, 11) is 1.52. The van der Waals surface area contributed by atoms with Crippen molar-refractivity contribution in [3.63, 3.8) is 0 Å². The molecule has 1 N–H and O–H groups in total. The van der Waals surface area contributed by atoms with E-state index in [0.717, 1.165) is 0 Å². The van der Waals surface area contributed by atoms with Crippen LogP contribution in [-0.2, 0) is 19.1 Å². The van der Waals surface area contributed by atoms with E-state index in [-0.39, 0.29) is 19.1 Å². The predicted octanol–water partition coefficient (Wildman–Crippen LogP) is 1.23. The van der Waals surface area contributed by atoms with Gasteiger partial charge in [0.25, 0.3) is 5.91 Å². The maximum atomic E-state index is 12.2. The quantitative estimate of drug-likeness (QED) is 0.746. The number of ether oxygens (including phenoxy) is 2. The molecule has 0 radical (unpaired) electrons. The minimum Gasteiger partial charge on any atom is -0.444 e. The normalized spacial score (nSPS) is 16.8. The van der Waals surface area contributed by atoms with Gasteiger partial charge in [-0.3, -0.25) is 4.79 Å². The topological polar surface area (TPSA) is 84.9 Å². The van der Waals surface area contributed by atoms with E-state index in [1.165, 1.54) is 7.11 Å². The summed E-state index contributed by atoms with van der Waals surface area (Å²) in [5.41, 5.74) is -0.149. The first-order valence-corrected chi connectivity index (χ1v) is 7.19. The first kappa shape index (κ1) is 18.2. The molecule has 1 rings (SSSR count). The second-order valence-electron chi connectivity index (χ2n) is 6.10. The molecule has 0 aliphatic carbocycles. The van der Waals surface area contributed by atoms with E-state index in [9.17, 15) is 14.4 Å². The van der Waals surface area contributed by atoms with Crippen LogP contribution in [0.1, 0.15) is 33.6 Å². The van der Waals surface area contributed by atoms with Crippen molar-refractivity contribution in [2.45, 2.75) is 45.3 Å². The number of carbonyl (C=O) groups excluding carboxylic acids is 3. The lowest BCUT2D eigenvalue weighted by atomic mass is 10.0. The summed E-state index contributed by atoms with van der Waals surface area (Å²) in [5, 5.41) is 2.47. The molecule has 7 nitrogen and oxygen atoms in total. The zero-order valence-electron chi connectivity index (χ0n) is 13.5. The largest absolute Gasteiger partial charge is 0.444 e. The van der Waals surface area contributed by atoms with Crippen LogP contribution in [0.3, 0.4) is 0 Å². The molecule has 1 aliphatic heterocycles. The van der Waals surface area contributed by atoms with Gasteiger partial charge in [0.1, 0.15) is 18.6 Å². The van der Waals surface area contributed by atoms with Crippen LogP contribution in [0.2, 0.25) is 0 Å². The van der Waals surface area contributed by atoms with Gasteiger partial charge in [0.05, 0.1) is 6.04 Å². The van der Waals surface area contributed by atoms with Crippen molar-refractivity contribution in [3.8, 4) is 0 Å². The molecule has 1 atom stereocenters. The molecule has 0 unspecified atom stereocenters. The lowest BCUT2D eigenvalue weighted by molar-refractivity contribution is -0.132. The molecule has 0 aromatic carbocycles. The molecule has 0 fully saturated rings. The summed E-state index contributed by atoms with van der Waals surface area (Å²) in [4.78, 5) is 36.6. The molecule has 0 aromatic rings. The monoisotopic (exact) mass is 312 g/mol. The Hall–Kier alpha value is -1.89. The summed E-state index contributed by atoms with van der Waals surface area (Å²) in [6.07, 6.45) is 2.56. The van der Waals surface area contributed by atoms with Crippen LogP contribution in [0, 0.1) is 0 Å². The number of methoxy groups -OCH3 is 1. The van der Waals surface area contributed by atoms with Crippen LogP contribution >= 0.6 is 0 Å². The van der Waals surface area contributed by atoms with Gasteiger partial charge in [0.15, 0.2) is 0 Å². The lowest BCUT2D eigenvalue weighted by Crippen LogP contribution is -2.43. The fraction of sp³-hybridized carbons (Fsp3) is 0.667. The molecule has 0 bridgehead atoms. The van der Waals surface area contributed by atoms with Gasteiger partial charge in [0.2, 0.25) is 0 Å². The fourth-order valence-electron chi connectivity index (χ4n) is 2.07. The van der Waals surface area contributed by atoms with E-state index in [1.54, 1.807) is 31.7 Å². The fourth-order valence-corrected chi connectivity index (χ4v) is 2.07. The standard InChI is InChI=1S/C15H24N2O5/c1-15(2,3)22-14(20)16-12(9-18)8-11-6-5-7-17(10-21-4)13(11)19/h6,9,12H,5,7-8,10H2,1-4H3,(H,16,20)/t12-/m1/s1. The number of rotatable bonds is 6. The number of aldehydes is 1. The Morgan fingerprint density at radius 3 is 2.73 bits per heavy atom. The first-order chi connectivity index (χ1) is 10.3. The van der Waals surface area contributed by atoms with Gasteiger partial charge in [-0.1, -0.05) is 6.08 Å². The molecule has 1 aliphatic rings. The van der Waals surface area contributed by atoms with Crippen LogP contribution in [0.25, 0.3) is 0 Å². The molecule has 0 saturated carbocycles. The predicted molar refractivity (Wildman–Crippen MR) is 80.1 cm³/mol. The third-order valence-electron chi connectivity index (χ3n) is 2.94. The number of nitrogens with one attached hydrogen (secondary N) is 1. The lowest BCUT2D eigenvalue weighted by Gasteiger charge is -2.27. The Labute approximate surface area is 130 Å². The van der Waals surface area contributed by atoms with Crippen LogP contribution in [0.4, 0.5) is 4.79 Å². The van der Waals surface area contributed by atoms with Gasteiger partial charge in [-0.2, -0.15) is 0 Å². The molecule has 1 heterocycles. The third-order valence-corrected chi connectivity index (χ3v) is 2.94. The summed E-state index contributed by atoms with van der Waals surface area (Å²) >= 11 is 0. The minimum absolute atomic E-state index is 0.141. The van der Waals surface area contributed by atoms with E-state index < -0.39 is 17.7 Å². The number of hydrogen-bond acceptors (Lipinski definition) is 5. The van der Waals surface area contributed by atoms with Crippen molar-refractivity contribution >= 4 is 18.3 Å². The number of carbonyl (C=O) groups is 3. The Morgan fingerprint density at radius 1 is 1.50 bits per heavy atom. The Balaban J connectivity index is 2.62. The molecule has 0 aromatic heterocycles. The van der Waals surface area contributed by atoms with E-state index >= 15 is 0 Å². The highest BCUT2D eigenvalue weighted by Crippen LogP contribution is 2.16. The van der Waals surface area contributed by atoms with Crippen LogP contribution in [0.15, 0.2) is 11.6 Å². The Morgan fingerprint density at radius 2 is 2.18 bits per heavy atom.